The van der Waals surface area contributed by atoms with E-state index in [1.165, 1.54) is 19.5 Å². The van der Waals surface area contributed by atoms with Crippen LogP contribution in [0, 0.1) is 17.0 Å². The molecule has 14 nitrogen and oxygen atoms in total. The Bertz CT molecular complexity index is 1340. The molecule has 0 spiro atoms. The van der Waals surface area contributed by atoms with Crippen LogP contribution in [-0.2, 0) is 14.3 Å². The fourth-order valence-corrected chi connectivity index (χ4v) is 4.89. The van der Waals surface area contributed by atoms with Crippen molar-refractivity contribution < 1.29 is 33.7 Å². The Labute approximate surface area is 217 Å². The number of pyridine rings is 2. The third-order valence-electron chi connectivity index (χ3n) is 5.69. The molecule has 2 aliphatic rings. The molecule has 3 aromatic rings. The highest BCUT2D eigenvalue weighted by Crippen LogP contribution is 2.35. The molecule has 0 aliphatic carbocycles. The zero-order valence-electron chi connectivity index (χ0n) is 19.3. The highest BCUT2D eigenvalue weighted by Gasteiger charge is 2.51. The van der Waals surface area contributed by atoms with Gasteiger partial charge in [-0.05, 0) is 30.4 Å². The van der Waals surface area contributed by atoms with Crippen LogP contribution in [0.3, 0.4) is 0 Å². The lowest BCUT2D eigenvalue weighted by Gasteiger charge is -2.15. The lowest BCUT2D eigenvalue weighted by Crippen LogP contribution is -2.36. The highest BCUT2D eigenvalue weighted by molar-refractivity contribution is 7.17. The van der Waals surface area contributed by atoms with Gasteiger partial charge in [0.15, 0.2) is 12.2 Å². The molecule has 194 valence electrons. The Morgan fingerprint density at radius 3 is 2.68 bits per heavy atom. The second-order valence-electron chi connectivity index (χ2n) is 8.03. The minimum atomic E-state index is -0.873. The van der Waals surface area contributed by atoms with E-state index in [0.29, 0.717) is 22.6 Å². The molecule has 0 saturated carbocycles. The number of rotatable bonds is 8. The fourth-order valence-electron chi connectivity index (χ4n) is 4.09. The summed E-state index contributed by atoms with van der Waals surface area (Å²) in [6.45, 7) is 1.93. The van der Waals surface area contributed by atoms with Gasteiger partial charge in [0.05, 0.1) is 32.1 Å². The summed E-state index contributed by atoms with van der Waals surface area (Å²) in [4.78, 5) is 36.7. The van der Waals surface area contributed by atoms with Crippen molar-refractivity contribution in [2.45, 2.75) is 31.3 Å². The van der Waals surface area contributed by atoms with Crippen LogP contribution in [0.1, 0.15) is 16.1 Å². The first kappa shape index (κ1) is 25.0. The van der Waals surface area contributed by atoms with Crippen LogP contribution in [0.15, 0.2) is 24.5 Å². The van der Waals surface area contributed by atoms with Crippen LogP contribution in [0.2, 0.25) is 5.15 Å². The maximum atomic E-state index is 13.2. The van der Waals surface area contributed by atoms with Gasteiger partial charge in [-0.1, -0.05) is 16.7 Å². The van der Waals surface area contributed by atoms with Gasteiger partial charge in [0.25, 0.3) is 16.2 Å². The van der Waals surface area contributed by atoms with Crippen LogP contribution in [0.25, 0.3) is 11.1 Å². The molecule has 3 aromatic heterocycles. The number of ether oxygens (including phenoxy) is 4. The minimum Gasteiger partial charge on any atom is -0.494 e. The van der Waals surface area contributed by atoms with Gasteiger partial charge in [-0.25, -0.2) is 4.98 Å². The van der Waals surface area contributed by atoms with Crippen molar-refractivity contribution >= 4 is 34.0 Å². The van der Waals surface area contributed by atoms with E-state index in [4.69, 9.17) is 30.5 Å². The number of methoxy groups -OCH3 is 1. The van der Waals surface area contributed by atoms with Crippen LogP contribution >= 0.6 is 22.9 Å². The van der Waals surface area contributed by atoms with Gasteiger partial charge >= 0.3 is 0 Å². The third-order valence-corrected chi connectivity index (χ3v) is 6.63. The lowest BCUT2D eigenvalue weighted by molar-refractivity contribution is -0.769. The molecule has 37 heavy (non-hydrogen) atoms. The molecule has 16 heteroatoms. The number of amides is 1. The number of halogens is 1. The van der Waals surface area contributed by atoms with Crippen molar-refractivity contribution in [1.29, 1.82) is 0 Å². The standard InChI is InChI=1S/C21H19ClN6O8S/c1-9-3-10(11-4-16(22)24-6-13(11)32-2)12(5-23-9)19(29)25-20-26-27-21(37-20)35-14-7-33-18-15(36-28(30)31)8-34-17(14)18/h3-6,14-15,17-18H,7-8H2,1-2H3,(H,25,26,29)/t14-,15+,17+,18+/m0/s1. The molecule has 2 fully saturated rings. The molecule has 5 heterocycles. The number of aromatic nitrogens is 4. The van der Waals surface area contributed by atoms with E-state index in [-0.39, 0.29) is 34.3 Å². The predicted octanol–water partition coefficient (Wildman–Crippen LogP) is 2.34. The molecule has 0 unspecified atom stereocenters. The third kappa shape index (κ3) is 5.24. The molecule has 4 atom stereocenters. The van der Waals surface area contributed by atoms with E-state index in [2.05, 4.69) is 30.3 Å². The highest BCUT2D eigenvalue weighted by atomic mass is 35.5. The van der Waals surface area contributed by atoms with Crippen molar-refractivity contribution in [3.63, 3.8) is 0 Å². The number of aryl methyl sites for hydroxylation is 1. The summed E-state index contributed by atoms with van der Waals surface area (Å²) in [6, 6.07) is 3.35. The molecule has 0 bridgehead atoms. The van der Waals surface area contributed by atoms with E-state index in [0.717, 1.165) is 11.3 Å². The van der Waals surface area contributed by atoms with Crippen molar-refractivity contribution in [2.75, 3.05) is 25.6 Å². The first-order valence-corrected chi connectivity index (χ1v) is 12.0. The predicted molar refractivity (Wildman–Crippen MR) is 127 cm³/mol. The molecule has 2 aliphatic heterocycles. The van der Waals surface area contributed by atoms with Crippen LogP contribution in [0.5, 0.6) is 10.9 Å². The topological polar surface area (TPSA) is 170 Å². The van der Waals surface area contributed by atoms with Gasteiger partial charge in [-0.15, -0.1) is 15.2 Å². The maximum absolute atomic E-state index is 13.2. The van der Waals surface area contributed by atoms with E-state index in [9.17, 15) is 14.9 Å². The summed E-state index contributed by atoms with van der Waals surface area (Å²) in [5.41, 5.74) is 2.06. The fraction of sp³-hybridized carbons (Fsp3) is 0.381. The normalized spacial score (nSPS) is 22.4. The van der Waals surface area contributed by atoms with Crippen molar-refractivity contribution in [3.8, 4) is 22.1 Å². The molecule has 5 rings (SSSR count). The monoisotopic (exact) mass is 550 g/mol. The Balaban J connectivity index is 1.30. The number of carbonyl (C=O) groups excluding carboxylic acids is 1. The number of nitrogens with one attached hydrogen (secondary N) is 1. The first-order valence-electron chi connectivity index (χ1n) is 10.8. The van der Waals surface area contributed by atoms with Gasteiger partial charge in [0, 0.05) is 23.0 Å². The smallest absolute Gasteiger partial charge is 0.296 e. The van der Waals surface area contributed by atoms with Crippen molar-refractivity contribution in [3.05, 3.63) is 51.1 Å². The molecular weight excluding hydrogens is 532 g/mol. The SMILES string of the molecule is COc1cnc(Cl)cc1-c1cc(C)ncc1C(=O)Nc1nnc(O[C@H]2CO[C@H]3[C@@H]2OC[C@H]3O[N+](=O)[O-])s1. The number of carbonyl (C=O) groups is 1. The Morgan fingerprint density at radius 2 is 1.92 bits per heavy atom. The van der Waals surface area contributed by atoms with E-state index in [1.54, 1.807) is 19.1 Å². The van der Waals surface area contributed by atoms with Gasteiger partial charge in [-0.3, -0.25) is 15.1 Å². The van der Waals surface area contributed by atoms with Crippen LogP contribution < -0.4 is 14.8 Å². The zero-order valence-corrected chi connectivity index (χ0v) is 20.9. The quantitative estimate of drug-likeness (QED) is 0.247. The largest absolute Gasteiger partial charge is 0.494 e. The summed E-state index contributed by atoms with van der Waals surface area (Å²) >= 11 is 7.09. The van der Waals surface area contributed by atoms with Crippen LogP contribution in [0.4, 0.5) is 5.13 Å². The summed E-state index contributed by atoms with van der Waals surface area (Å²) in [5, 5.41) is 21.0. The molecule has 0 radical (unpaired) electrons. The molecular formula is C21H19ClN6O8S. The lowest BCUT2D eigenvalue weighted by atomic mass is 10.0. The van der Waals surface area contributed by atoms with Gasteiger partial charge in [0.1, 0.15) is 23.1 Å². The zero-order chi connectivity index (χ0) is 26.1. The second kappa shape index (κ2) is 10.4. The van der Waals surface area contributed by atoms with Crippen molar-refractivity contribution in [1.82, 2.24) is 20.2 Å². The average molecular weight is 551 g/mol. The minimum absolute atomic E-state index is 0.00793. The summed E-state index contributed by atoms with van der Waals surface area (Å²) in [6.07, 6.45) is 0.329. The number of fused-ring (bicyclic) bond motifs is 1. The van der Waals surface area contributed by atoms with Gasteiger partial charge in [-0.2, -0.15) is 0 Å². The number of anilines is 1. The number of hydrogen-bond donors (Lipinski definition) is 1. The van der Waals surface area contributed by atoms with E-state index in [1.807, 2.05) is 0 Å². The summed E-state index contributed by atoms with van der Waals surface area (Å²) in [7, 11) is 1.49. The Morgan fingerprint density at radius 1 is 1.16 bits per heavy atom. The Hall–Kier alpha value is -3.66. The van der Waals surface area contributed by atoms with E-state index >= 15 is 0 Å². The molecule has 1 amide bonds. The molecule has 0 aromatic carbocycles. The summed E-state index contributed by atoms with van der Waals surface area (Å²) in [5.74, 6) is -0.0453. The van der Waals surface area contributed by atoms with Crippen LogP contribution in [-0.4, -0.2) is 75.9 Å². The van der Waals surface area contributed by atoms with Gasteiger partial charge < -0.3 is 23.8 Å². The van der Waals surface area contributed by atoms with Crippen molar-refractivity contribution in [2.24, 2.45) is 0 Å². The second-order valence-corrected chi connectivity index (χ2v) is 9.35. The average Bonchev–Trinajstić information content (AvgIpc) is 3.58. The molecule has 2 saturated heterocycles. The summed E-state index contributed by atoms with van der Waals surface area (Å²) < 4.78 is 22.4. The van der Waals surface area contributed by atoms with Gasteiger partial charge in [0.2, 0.25) is 5.13 Å². The maximum Gasteiger partial charge on any atom is 0.296 e. The molecule has 1 N–H and O–H groups in total. The Kier molecular flexibility index (Phi) is 7.01. The number of nitrogens with zero attached hydrogens (tertiary/aromatic N) is 5. The first-order chi connectivity index (χ1) is 17.8. The number of hydrogen-bond acceptors (Lipinski definition) is 13. The van der Waals surface area contributed by atoms with E-state index < -0.39 is 35.4 Å².